The zero-order valence-electron chi connectivity index (χ0n) is 15.1. The second-order valence-corrected chi connectivity index (χ2v) is 7.80. The lowest BCUT2D eigenvalue weighted by atomic mass is 9.61. The van der Waals surface area contributed by atoms with E-state index in [1.807, 2.05) is 24.5 Å². The first-order chi connectivity index (χ1) is 12.1. The maximum atomic E-state index is 10.0. The normalized spacial score (nSPS) is 28.6. The average Bonchev–Trinajstić information content (AvgIpc) is 2.62. The summed E-state index contributed by atoms with van der Waals surface area (Å²) in [6.07, 6.45) is 6.90. The van der Waals surface area contributed by atoms with Crippen molar-refractivity contribution in [2.75, 3.05) is 20.1 Å². The highest BCUT2D eigenvalue weighted by molar-refractivity contribution is 5.45. The summed E-state index contributed by atoms with van der Waals surface area (Å²) in [6.45, 7) is 4.44. The van der Waals surface area contributed by atoms with Crippen molar-refractivity contribution >= 4 is 0 Å². The van der Waals surface area contributed by atoms with Gasteiger partial charge in [0, 0.05) is 29.9 Å². The maximum absolute atomic E-state index is 10.0. The largest absolute Gasteiger partial charge is 0.508 e. The van der Waals surface area contributed by atoms with Gasteiger partial charge in [-0.15, -0.1) is 0 Å². The van der Waals surface area contributed by atoms with Crippen molar-refractivity contribution in [1.29, 1.82) is 0 Å². The molecule has 1 aliphatic carbocycles. The van der Waals surface area contributed by atoms with E-state index in [1.165, 1.54) is 16.7 Å². The quantitative estimate of drug-likeness (QED) is 0.900. The van der Waals surface area contributed by atoms with Crippen LogP contribution >= 0.6 is 0 Å². The van der Waals surface area contributed by atoms with Gasteiger partial charge in [0.15, 0.2) is 0 Å². The predicted molar refractivity (Wildman–Crippen MR) is 99.9 cm³/mol. The molecule has 2 bridgehead atoms. The molecule has 4 nitrogen and oxygen atoms in total. The molecule has 132 valence electrons. The fourth-order valence-electron chi connectivity index (χ4n) is 4.77. The van der Waals surface area contributed by atoms with Crippen molar-refractivity contribution in [1.82, 2.24) is 15.2 Å². The Morgan fingerprint density at radius 2 is 2.08 bits per heavy atom. The van der Waals surface area contributed by atoms with Gasteiger partial charge in [-0.05, 0) is 80.4 Å². The van der Waals surface area contributed by atoms with E-state index in [-0.39, 0.29) is 5.41 Å². The summed E-state index contributed by atoms with van der Waals surface area (Å²) in [5, 5.41) is 13.9. The van der Waals surface area contributed by atoms with Gasteiger partial charge in [0.05, 0.1) is 0 Å². The number of nitrogens with one attached hydrogen (secondary N) is 1. The molecule has 1 aromatic heterocycles. The first-order valence-corrected chi connectivity index (χ1v) is 9.23. The molecule has 2 aliphatic rings. The molecular formula is C21H27N3O. The summed E-state index contributed by atoms with van der Waals surface area (Å²) in [7, 11) is 2.24. The second-order valence-electron chi connectivity index (χ2n) is 7.80. The van der Waals surface area contributed by atoms with Gasteiger partial charge in [0.2, 0.25) is 0 Å². The van der Waals surface area contributed by atoms with Crippen LogP contribution in [0.25, 0.3) is 0 Å². The number of likely N-dealkylation sites (N-methyl/N-ethyl adjacent to an activating group) is 1. The SMILES string of the molecule is CN1CCC2(C)c3cc(O)ccc3CC1C2NCCc1ccncc1. The Hall–Kier alpha value is -1.91. The Labute approximate surface area is 149 Å². The summed E-state index contributed by atoms with van der Waals surface area (Å²) in [5.41, 5.74) is 4.11. The smallest absolute Gasteiger partial charge is 0.115 e. The summed E-state index contributed by atoms with van der Waals surface area (Å²) >= 11 is 0. The third-order valence-electron chi connectivity index (χ3n) is 6.29. The number of likely N-dealkylation sites (tertiary alicyclic amines) is 1. The molecule has 2 aromatic rings. The van der Waals surface area contributed by atoms with Crippen molar-refractivity contribution in [2.24, 2.45) is 0 Å². The molecule has 1 saturated heterocycles. The van der Waals surface area contributed by atoms with Crippen molar-refractivity contribution < 1.29 is 5.11 Å². The van der Waals surface area contributed by atoms with Crippen LogP contribution in [0.4, 0.5) is 0 Å². The summed E-state index contributed by atoms with van der Waals surface area (Å²) in [5.74, 6) is 0.382. The second kappa shape index (κ2) is 6.43. The molecule has 0 saturated carbocycles. The third kappa shape index (κ3) is 2.94. The molecule has 1 aliphatic heterocycles. The minimum absolute atomic E-state index is 0.0712. The van der Waals surface area contributed by atoms with Crippen molar-refractivity contribution in [3.05, 3.63) is 59.4 Å². The number of hydrogen-bond donors (Lipinski definition) is 2. The van der Waals surface area contributed by atoms with E-state index < -0.39 is 0 Å². The van der Waals surface area contributed by atoms with Crippen LogP contribution in [0.2, 0.25) is 0 Å². The van der Waals surface area contributed by atoms with Crippen LogP contribution in [0.15, 0.2) is 42.7 Å². The Bertz CT molecular complexity index is 748. The molecule has 2 heterocycles. The van der Waals surface area contributed by atoms with E-state index in [2.05, 4.69) is 47.4 Å². The van der Waals surface area contributed by atoms with E-state index in [0.29, 0.717) is 17.8 Å². The van der Waals surface area contributed by atoms with Gasteiger partial charge in [0.1, 0.15) is 5.75 Å². The number of hydrogen-bond acceptors (Lipinski definition) is 4. The zero-order chi connectivity index (χ0) is 17.4. The number of fused-ring (bicyclic) bond motifs is 4. The number of aromatic nitrogens is 1. The lowest BCUT2D eigenvalue weighted by molar-refractivity contribution is 0.0663. The molecule has 3 unspecified atom stereocenters. The number of pyridine rings is 1. The number of aromatic hydroxyl groups is 1. The molecule has 4 heteroatoms. The van der Waals surface area contributed by atoms with E-state index in [0.717, 1.165) is 32.4 Å². The number of piperidine rings is 1. The molecule has 0 spiro atoms. The van der Waals surface area contributed by atoms with Crippen LogP contribution in [-0.2, 0) is 18.3 Å². The van der Waals surface area contributed by atoms with Crippen LogP contribution < -0.4 is 5.32 Å². The molecule has 0 radical (unpaired) electrons. The minimum atomic E-state index is 0.0712. The van der Waals surface area contributed by atoms with Crippen molar-refractivity contribution in [2.45, 2.75) is 43.7 Å². The van der Waals surface area contributed by atoms with E-state index in [4.69, 9.17) is 0 Å². The van der Waals surface area contributed by atoms with Crippen molar-refractivity contribution in [3.8, 4) is 5.75 Å². The average molecular weight is 337 g/mol. The number of nitrogens with zero attached hydrogens (tertiary/aromatic N) is 2. The van der Waals surface area contributed by atoms with Gasteiger partial charge in [0.25, 0.3) is 0 Å². The van der Waals surface area contributed by atoms with Gasteiger partial charge < -0.3 is 15.3 Å². The molecule has 4 rings (SSSR count). The summed E-state index contributed by atoms with van der Waals surface area (Å²) in [6, 6.07) is 11.0. The van der Waals surface area contributed by atoms with E-state index in [9.17, 15) is 5.11 Å². The molecular weight excluding hydrogens is 310 g/mol. The highest BCUT2D eigenvalue weighted by atomic mass is 16.3. The fraction of sp³-hybridized carbons (Fsp3) is 0.476. The Morgan fingerprint density at radius 1 is 1.28 bits per heavy atom. The molecule has 2 N–H and O–H groups in total. The number of rotatable bonds is 4. The van der Waals surface area contributed by atoms with Crippen LogP contribution in [-0.4, -0.2) is 47.2 Å². The van der Waals surface area contributed by atoms with Gasteiger partial charge in [-0.25, -0.2) is 0 Å². The topological polar surface area (TPSA) is 48.4 Å². The van der Waals surface area contributed by atoms with Crippen LogP contribution in [0, 0.1) is 0 Å². The van der Waals surface area contributed by atoms with E-state index in [1.54, 1.807) is 0 Å². The van der Waals surface area contributed by atoms with Crippen LogP contribution in [0.5, 0.6) is 5.75 Å². The lowest BCUT2D eigenvalue weighted by Gasteiger charge is -2.55. The molecule has 1 fully saturated rings. The molecule has 1 aromatic carbocycles. The molecule has 25 heavy (non-hydrogen) atoms. The summed E-state index contributed by atoms with van der Waals surface area (Å²) in [4.78, 5) is 6.59. The van der Waals surface area contributed by atoms with Gasteiger partial charge in [-0.3, -0.25) is 4.98 Å². The van der Waals surface area contributed by atoms with Crippen LogP contribution in [0.3, 0.4) is 0 Å². The maximum Gasteiger partial charge on any atom is 0.115 e. The molecule has 0 amide bonds. The fourth-order valence-corrected chi connectivity index (χ4v) is 4.77. The monoisotopic (exact) mass is 337 g/mol. The number of phenols is 1. The van der Waals surface area contributed by atoms with Gasteiger partial charge >= 0.3 is 0 Å². The number of phenolic OH excluding ortho intramolecular Hbond substituents is 1. The zero-order valence-corrected chi connectivity index (χ0v) is 15.1. The lowest BCUT2D eigenvalue weighted by Crippen LogP contribution is -2.66. The Balaban J connectivity index is 1.58. The Kier molecular flexibility index (Phi) is 4.26. The van der Waals surface area contributed by atoms with Gasteiger partial charge in [-0.1, -0.05) is 13.0 Å². The molecule has 3 atom stereocenters. The van der Waals surface area contributed by atoms with Gasteiger partial charge in [-0.2, -0.15) is 0 Å². The highest BCUT2D eigenvalue weighted by Gasteiger charge is 2.49. The highest BCUT2D eigenvalue weighted by Crippen LogP contribution is 2.45. The van der Waals surface area contributed by atoms with Crippen LogP contribution in [0.1, 0.15) is 30.0 Å². The first-order valence-electron chi connectivity index (χ1n) is 9.23. The Morgan fingerprint density at radius 3 is 2.88 bits per heavy atom. The number of benzene rings is 1. The standard InChI is InChI=1S/C21H27N3O/c1-21-8-12-24(2)19(13-16-3-4-17(25)14-18(16)21)20(21)23-11-7-15-5-9-22-10-6-15/h3-6,9-10,14,19-20,23,25H,7-8,11-13H2,1-2H3. The van der Waals surface area contributed by atoms with E-state index >= 15 is 0 Å². The first kappa shape index (κ1) is 16.6. The minimum Gasteiger partial charge on any atom is -0.508 e. The predicted octanol–water partition coefficient (Wildman–Crippen LogP) is 2.51. The summed E-state index contributed by atoms with van der Waals surface area (Å²) < 4.78 is 0. The van der Waals surface area contributed by atoms with Crippen molar-refractivity contribution in [3.63, 3.8) is 0 Å². The third-order valence-corrected chi connectivity index (χ3v) is 6.29.